The molecule has 30 heavy (non-hydrogen) atoms. The lowest BCUT2D eigenvalue weighted by Gasteiger charge is -2.47. The summed E-state index contributed by atoms with van der Waals surface area (Å²) in [6.45, 7) is 5.63. The van der Waals surface area contributed by atoms with E-state index in [0.717, 1.165) is 60.7 Å². The summed E-state index contributed by atoms with van der Waals surface area (Å²) >= 11 is 0. The smallest absolute Gasteiger partial charge is 0.150 e. The van der Waals surface area contributed by atoms with Crippen LogP contribution in [-0.2, 0) is 0 Å². The molecule has 1 saturated carbocycles. The summed E-state index contributed by atoms with van der Waals surface area (Å²) in [7, 11) is 0. The Hall–Kier alpha value is -2.90. The second-order valence-corrected chi connectivity index (χ2v) is 8.73. The Kier molecular flexibility index (Phi) is 4.07. The molecule has 2 fully saturated rings. The summed E-state index contributed by atoms with van der Waals surface area (Å²) in [6.07, 6.45) is 6.08. The highest BCUT2D eigenvalue weighted by Crippen LogP contribution is 2.42. The van der Waals surface area contributed by atoms with E-state index in [4.69, 9.17) is 10.7 Å². The Bertz CT molecular complexity index is 1180. The fraction of sp³-hybridized carbons (Fsp3) is 0.391. The predicted molar refractivity (Wildman–Crippen MR) is 119 cm³/mol. The lowest BCUT2D eigenvalue weighted by molar-refractivity contribution is 0.0540. The van der Waals surface area contributed by atoms with Gasteiger partial charge >= 0.3 is 0 Å². The van der Waals surface area contributed by atoms with Crippen LogP contribution in [0.2, 0.25) is 0 Å². The van der Waals surface area contributed by atoms with Crippen LogP contribution < -0.4 is 11.1 Å². The molecule has 0 amide bonds. The van der Waals surface area contributed by atoms with Crippen LogP contribution in [0.3, 0.4) is 0 Å². The zero-order valence-electron chi connectivity index (χ0n) is 17.2. The first kappa shape index (κ1) is 17.9. The summed E-state index contributed by atoms with van der Waals surface area (Å²) in [4.78, 5) is 15.6. The SMILES string of the molecule is CC1CNCCN1C1CC(c2nc(-c3cc4ccccc4[nH]3)c3c(N)nccn23)C1. The van der Waals surface area contributed by atoms with Gasteiger partial charge in [0.15, 0.2) is 0 Å². The summed E-state index contributed by atoms with van der Waals surface area (Å²) in [5, 5.41) is 4.67. The minimum atomic E-state index is 0.449. The molecule has 0 bridgehead atoms. The first-order valence-corrected chi connectivity index (χ1v) is 10.9. The average Bonchev–Trinajstić information content (AvgIpc) is 3.31. The van der Waals surface area contributed by atoms with Crippen LogP contribution in [0.5, 0.6) is 0 Å². The third-order valence-electron chi connectivity index (χ3n) is 6.90. The zero-order valence-corrected chi connectivity index (χ0v) is 17.2. The number of aromatic amines is 1. The monoisotopic (exact) mass is 401 g/mol. The van der Waals surface area contributed by atoms with Gasteiger partial charge in [-0.3, -0.25) is 9.30 Å². The number of benzene rings is 1. The number of aromatic nitrogens is 4. The maximum Gasteiger partial charge on any atom is 0.150 e. The number of hydrogen-bond donors (Lipinski definition) is 3. The Labute approximate surface area is 175 Å². The molecule has 6 rings (SSSR count). The van der Waals surface area contributed by atoms with Crippen molar-refractivity contribution < 1.29 is 0 Å². The Morgan fingerprint density at radius 2 is 2.07 bits per heavy atom. The van der Waals surface area contributed by atoms with E-state index in [1.54, 1.807) is 6.20 Å². The van der Waals surface area contributed by atoms with Gasteiger partial charge in [0.1, 0.15) is 22.9 Å². The van der Waals surface area contributed by atoms with Crippen molar-refractivity contribution in [1.82, 2.24) is 29.6 Å². The summed E-state index contributed by atoms with van der Waals surface area (Å²) < 4.78 is 2.16. The highest BCUT2D eigenvalue weighted by molar-refractivity contribution is 5.91. The molecule has 154 valence electrons. The molecule has 0 radical (unpaired) electrons. The van der Waals surface area contributed by atoms with Crippen LogP contribution in [0.15, 0.2) is 42.7 Å². The number of anilines is 1. The van der Waals surface area contributed by atoms with E-state index in [1.807, 2.05) is 12.3 Å². The molecule has 1 unspecified atom stereocenters. The van der Waals surface area contributed by atoms with Crippen molar-refractivity contribution in [1.29, 1.82) is 0 Å². The van der Waals surface area contributed by atoms with Crippen LogP contribution >= 0.6 is 0 Å². The Morgan fingerprint density at radius 3 is 2.90 bits per heavy atom. The molecular weight excluding hydrogens is 374 g/mol. The lowest BCUT2D eigenvalue weighted by Crippen LogP contribution is -2.57. The van der Waals surface area contributed by atoms with Crippen LogP contribution in [0.25, 0.3) is 27.8 Å². The highest BCUT2D eigenvalue weighted by atomic mass is 15.2. The number of rotatable bonds is 3. The standard InChI is InChI=1S/C23H27N7/c1-14-13-25-6-8-29(14)17-10-16(11-17)23-28-20(21-22(24)26-7-9-30(21)23)19-12-15-4-2-3-5-18(15)27-19/h2-5,7,9,12,14,16-17,25,27H,6,8,10-11,13H2,1H3,(H2,24,26). The molecule has 4 aromatic rings. The average molecular weight is 402 g/mol. The van der Waals surface area contributed by atoms with Gasteiger partial charge in [0.25, 0.3) is 0 Å². The second-order valence-electron chi connectivity index (χ2n) is 8.73. The molecule has 1 aromatic carbocycles. The number of fused-ring (bicyclic) bond motifs is 2. The molecular formula is C23H27N7. The van der Waals surface area contributed by atoms with Gasteiger partial charge in [-0.05, 0) is 31.9 Å². The van der Waals surface area contributed by atoms with E-state index >= 15 is 0 Å². The van der Waals surface area contributed by atoms with E-state index in [-0.39, 0.29) is 0 Å². The van der Waals surface area contributed by atoms with Crippen molar-refractivity contribution >= 4 is 22.2 Å². The molecule has 1 aliphatic heterocycles. The van der Waals surface area contributed by atoms with E-state index in [1.165, 1.54) is 5.39 Å². The Balaban J connectivity index is 1.37. The minimum absolute atomic E-state index is 0.449. The van der Waals surface area contributed by atoms with Crippen molar-refractivity contribution in [2.24, 2.45) is 0 Å². The number of imidazole rings is 1. The Morgan fingerprint density at radius 1 is 1.20 bits per heavy atom. The fourth-order valence-corrected chi connectivity index (χ4v) is 5.23. The second kappa shape index (κ2) is 6.82. The highest BCUT2D eigenvalue weighted by Gasteiger charge is 2.39. The van der Waals surface area contributed by atoms with Gasteiger partial charge in [-0.1, -0.05) is 18.2 Å². The molecule has 3 aromatic heterocycles. The van der Waals surface area contributed by atoms with Gasteiger partial charge in [0.2, 0.25) is 0 Å². The first-order valence-electron chi connectivity index (χ1n) is 10.9. The topological polar surface area (TPSA) is 87.3 Å². The number of para-hydroxylation sites is 1. The van der Waals surface area contributed by atoms with Crippen LogP contribution in [0, 0.1) is 0 Å². The molecule has 1 atom stereocenters. The number of nitrogen functional groups attached to an aromatic ring is 1. The third kappa shape index (κ3) is 2.73. The van der Waals surface area contributed by atoms with E-state index in [2.05, 4.69) is 55.8 Å². The van der Waals surface area contributed by atoms with Crippen LogP contribution in [-0.4, -0.2) is 56.0 Å². The van der Waals surface area contributed by atoms with Gasteiger partial charge in [-0.25, -0.2) is 9.97 Å². The lowest BCUT2D eigenvalue weighted by atomic mass is 9.78. The van der Waals surface area contributed by atoms with Gasteiger partial charge in [-0.2, -0.15) is 0 Å². The third-order valence-corrected chi connectivity index (χ3v) is 6.90. The molecule has 4 heterocycles. The van der Waals surface area contributed by atoms with Crippen molar-refractivity contribution in [2.75, 3.05) is 25.4 Å². The van der Waals surface area contributed by atoms with Gasteiger partial charge in [-0.15, -0.1) is 0 Å². The molecule has 0 spiro atoms. The number of piperazine rings is 1. The summed E-state index contributed by atoms with van der Waals surface area (Å²) in [5.41, 5.74) is 10.2. The maximum absolute atomic E-state index is 6.32. The quantitative estimate of drug-likeness (QED) is 0.491. The van der Waals surface area contributed by atoms with Gasteiger partial charge < -0.3 is 16.0 Å². The minimum Gasteiger partial charge on any atom is -0.382 e. The number of nitrogens with one attached hydrogen (secondary N) is 2. The summed E-state index contributed by atoms with van der Waals surface area (Å²) in [5.74, 6) is 2.08. The predicted octanol–water partition coefficient (Wildman–Crippen LogP) is 3.00. The molecule has 1 aliphatic carbocycles. The van der Waals surface area contributed by atoms with E-state index in [0.29, 0.717) is 23.8 Å². The van der Waals surface area contributed by atoms with E-state index < -0.39 is 0 Å². The number of H-pyrrole nitrogens is 1. The van der Waals surface area contributed by atoms with Gasteiger partial charge in [0, 0.05) is 60.9 Å². The fourth-order valence-electron chi connectivity index (χ4n) is 5.23. The number of nitrogens with zero attached hydrogens (tertiary/aromatic N) is 4. The van der Waals surface area contributed by atoms with Gasteiger partial charge in [0.05, 0.1) is 5.69 Å². The normalized spacial score (nSPS) is 25.0. The molecule has 2 aliphatic rings. The van der Waals surface area contributed by atoms with E-state index in [9.17, 15) is 0 Å². The van der Waals surface area contributed by atoms with Crippen molar-refractivity contribution in [3.8, 4) is 11.4 Å². The number of hydrogen-bond acceptors (Lipinski definition) is 5. The molecule has 7 heteroatoms. The largest absolute Gasteiger partial charge is 0.382 e. The zero-order chi connectivity index (χ0) is 20.2. The maximum atomic E-state index is 6.32. The van der Waals surface area contributed by atoms with Crippen LogP contribution in [0.1, 0.15) is 31.5 Å². The molecule has 7 nitrogen and oxygen atoms in total. The molecule has 4 N–H and O–H groups in total. The van der Waals surface area contributed by atoms with Crippen molar-refractivity contribution in [3.05, 3.63) is 48.5 Å². The summed E-state index contributed by atoms with van der Waals surface area (Å²) in [6, 6.07) is 11.7. The van der Waals surface area contributed by atoms with Crippen LogP contribution in [0.4, 0.5) is 5.82 Å². The van der Waals surface area contributed by atoms with Crippen molar-refractivity contribution in [2.45, 2.75) is 37.8 Å². The molecule has 1 saturated heterocycles. The van der Waals surface area contributed by atoms with Crippen molar-refractivity contribution in [3.63, 3.8) is 0 Å². The first-order chi connectivity index (χ1) is 14.7. The number of nitrogens with two attached hydrogens (primary N) is 1.